The summed E-state index contributed by atoms with van der Waals surface area (Å²) in [6, 6.07) is 11.4. The summed E-state index contributed by atoms with van der Waals surface area (Å²) in [4.78, 5) is 27.4. The van der Waals surface area contributed by atoms with Gasteiger partial charge in [-0.05, 0) is 61.5 Å². The molecule has 0 atom stereocenters. The fourth-order valence-corrected chi connectivity index (χ4v) is 3.63. The molecule has 0 saturated heterocycles. The van der Waals surface area contributed by atoms with Crippen molar-refractivity contribution in [2.75, 3.05) is 6.61 Å². The SMILES string of the molecule is CCOC(=O)c1ccc(C(=O)NS(=O)(=O)c2ccc(Oc3cccc(C(F)(F)F)c3)cc2)cn1. The van der Waals surface area contributed by atoms with Crippen LogP contribution in [0.2, 0.25) is 0 Å². The molecule has 0 saturated carbocycles. The average Bonchev–Trinajstić information content (AvgIpc) is 2.79. The third-order valence-electron chi connectivity index (χ3n) is 4.27. The Labute approximate surface area is 192 Å². The number of benzene rings is 2. The molecule has 34 heavy (non-hydrogen) atoms. The van der Waals surface area contributed by atoms with Crippen LogP contribution in [0.15, 0.2) is 71.8 Å². The molecule has 3 rings (SSSR count). The van der Waals surface area contributed by atoms with E-state index >= 15 is 0 Å². The molecule has 0 aliphatic carbocycles. The van der Waals surface area contributed by atoms with Crippen molar-refractivity contribution in [2.24, 2.45) is 0 Å². The minimum atomic E-state index is -4.54. The van der Waals surface area contributed by atoms with Crippen LogP contribution in [-0.4, -0.2) is 31.9 Å². The molecule has 12 heteroatoms. The van der Waals surface area contributed by atoms with Crippen LogP contribution in [0, 0.1) is 0 Å². The highest BCUT2D eigenvalue weighted by molar-refractivity contribution is 7.90. The van der Waals surface area contributed by atoms with E-state index in [4.69, 9.17) is 9.47 Å². The third-order valence-corrected chi connectivity index (χ3v) is 5.62. The van der Waals surface area contributed by atoms with Crippen molar-refractivity contribution in [1.82, 2.24) is 9.71 Å². The first kappa shape index (κ1) is 24.7. The van der Waals surface area contributed by atoms with Gasteiger partial charge in [-0.25, -0.2) is 22.9 Å². The minimum Gasteiger partial charge on any atom is -0.461 e. The lowest BCUT2D eigenvalue weighted by atomic mass is 10.2. The number of ether oxygens (including phenoxy) is 2. The van der Waals surface area contributed by atoms with Crippen molar-refractivity contribution in [2.45, 2.75) is 18.0 Å². The number of amides is 1. The first-order chi connectivity index (χ1) is 16.0. The zero-order chi connectivity index (χ0) is 24.9. The number of nitrogens with one attached hydrogen (secondary N) is 1. The van der Waals surface area contributed by atoms with E-state index in [9.17, 15) is 31.2 Å². The van der Waals surface area contributed by atoms with Crippen LogP contribution >= 0.6 is 0 Å². The maximum Gasteiger partial charge on any atom is 0.416 e. The number of hydrogen-bond acceptors (Lipinski definition) is 7. The van der Waals surface area contributed by atoms with Crippen molar-refractivity contribution >= 4 is 21.9 Å². The summed E-state index contributed by atoms with van der Waals surface area (Å²) in [5.74, 6) is -1.66. The highest BCUT2D eigenvalue weighted by Gasteiger charge is 2.30. The van der Waals surface area contributed by atoms with Gasteiger partial charge in [0.2, 0.25) is 0 Å². The highest BCUT2D eigenvalue weighted by atomic mass is 32.2. The number of rotatable bonds is 7. The number of carbonyl (C=O) groups is 2. The van der Waals surface area contributed by atoms with Crippen molar-refractivity contribution in [3.63, 3.8) is 0 Å². The second-order valence-electron chi connectivity index (χ2n) is 6.69. The van der Waals surface area contributed by atoms with Crippen LogP contribution in [0.3, 0.4) is 0 Å². The van der Waals surface area contributed by atoms with Crippen LogP contribution < -0.4 is 9.46 Å². The zero-order valence-corrected chi connectivity index (χ0v) is 18.3. The molecule has 0 spiro atoms. The van der Waals surface area contributed by atoms with Gasteiger partial charge in [-0.3, -0.25) is 4.79 Å². The Bertz CT molecular complexity index is 1290. The van der Waals surface area contributed by atoms with Gasteiger partial charge in [0.1, 0.15) is 17.2 Å². The number of carbonyl (C=O) groups excluding carboxylic acids is 2. The topological polar surface area (TPSA) is 112 Å². The van der Waals surface area contributed by atoms with Gasteiger partial charge in [-0.1, -0.05) is 6.07 Å². The van der Waals surface area contributed by atoms with Gasteiger partial charge < -0.3 is 9.47 Å². The number of aromatic nitrogens is 1. The van der Waals surface area contributed by atoms with E-state index in [0.29, 0.717) is 0 Å². The Balaban J connectivity index is 1.69. The van der Waals surface area contributed by atoms with Crippen LogP contribution in [0.5, 0.6) is 11.5 Å². The summed E-state index contributed by atoms with van der Waals surface area (Å²) in [6.45, 7) is 1.76. The van der Waals surface area contributed by atoms with Gasteiger partial charge in [0.15, 0.2) is 0 Å². The van der Waals surface area contributed by atoms with Crippen molar-refractivity contribution in [1.29, 1.82) is 0 Å². The summed E-state index contributed by atoms with van der Waals surface area (Å²) < 4.78 is 75.5. The number of hydrogen-bond donors (Lipinski definition) is 1. The predicted molar refractivity (Wildman–Crippen MR) is 113 cm³/mol. The fraction of sp³-hybridized carbons (Fsp3) is 0.136. The summed E-state index contributed by atoms with van der Waals surface area (Å²) in [6.07, 6.45) is -3.51. The lowest BCUT2D eigenvalue weighted by molar-refractivity contribution is -0.137. The standard InChI is InChI=1S/C22H17F3N2O6S/c1-2-32-21(29)19-11-6-14(13-26-19)20(28)27-34(30,31)18-9-7-16(8-10-18)33-17-5-3-4-15(12-17)22(23,24)25/h3-13H,2H2,1H3,(H,27,28). The normalized spacial score (nSPS) is 11.5. The quantitative estimate of drug-likeness (QED) is 0.490. The van der Waals surface area contributed by atoms with E-state index < -0.39 is 33.6 Å². The minimum absolute atomic E-state index is 0.0439. The van der Waals surface area contributed by atoms with E-state index in [2.05, 4.69) is 4.98 Å². The summed E-state index contributed by atoms with van der Waals surface area (Å²) in [7, 11) is -4.28. The molecule has 1 aromatic heterocycles. The van der Waals surface area contributed by atoms with E-state index in [-0.39, 0.29) is 34.3 Å². The van der Waals surface area contributed by atoms with E-state index in [1.54, 1.807) is 6.92 Å². The van der Waals surface area contributed by atoms with Crippen LogP contribution in [-0.2, 0) is 20.9 Å². The zero-order valence-electron chi connectivity index (χ0n) is 17.5. The molecular formula is C22H17F3N2O6S. The fourth-order valence-electron chi connectivity index (χ4n) is 2.65. The summed E-state index contributed by atoms with van der Waals surface area (Å²) in [5.41, 5.74) is -1.05. The van der Waals surface area contributed by atoms with Gasteiger partial charge in [0.05, 0.1) is 22.6 Å². The molecule has 178 valence electrons. The molecule has 8 nitrogen and oxygen atoms in total. The Morgan fingerprint density at radius 2 is 1.71 bits per heavy atom. The van der Waals surface area contributed by atoms with Gasteiger partial charge >= 0.3 is 12.1 Å². The molecule has 3 aromatic rings. The Kier molecular flexibility index (Phi) is 7.20. The van der Waals surface area contributed by atoms with Gasteiger partial charge in [0, 0.05) is 6.20 Å². The number of esters is 1. The maximum absolute atomic E-state index is 12.8. The largest absolute Gasteiger partial charge is 0.461 e. The third kappa shape index (κ3) is 6.10. The second kappa shape index (κ2) is 9.91. The molecule has 0 unspecified atom stereocenters. The lowest BCUT2D eigenvalue weighted by Gasteiger charge is -2.11. The average molecular weight is 494 g/mol. The molecule has 1 amide bonds. The maximum atomic E-state index is 12.8. The monoisotopic (exact) mass is 494 g/mol. The number of sulfonamides is 1. The first-order valence-electron chi connectivity index (χ1n) is 9.65. The molecule has 1 N–H and O–H groups in total. The van der Waals surface area contributed by atoms with Crippen LogP contribution in [0.4, 0.5) is 13.2 Å². The highest BCUT2D eigenvalue weighted by Crippen LogP contribution is 2.32. The van der Waals surface area contributed by atoms with E-state index in [0.717, 1.165) is 30.5 Å². The number of pyridine rings is 1. The molecular weight excluding hydrogens is 477 g/mol. The van der Waals surface area contributed by atoms with Gasteiger partial charge in [-0.2, -0.15) is 13.2 Å². The van der Waals surface area contributed by atoms with E-state index in [1.165, 1.54) is 36.4 Å². The molecule has 0 bridgehead atoms. The van der Waals surface area contributed by atoms with Crippen molar-refractivity contribution in [3.05, 3.63) is 83.7 Å². The number of nitrogens with zero attached hydrogens (tertiary/aromatic N) is 1. The number of alkyl halides is 3. The smallest absolute Gasteiger partial charge is 0.416 e. The predicted octanol–water partition coefficient (Wildman–Crippen LogP) is 4.19. The van der Waals surface area contributed by atoms with Gasteiger partial charge in [0.25, 0.3) is 15.9 Å². The first-order valence-corrected chi connectivity index (χ1v) is 11.1. The Morgan fingerprint density at radius 3 is 2.29 bits per heavy atom. The van der Waals surface area contributed by atoms with Crippen LogP contribution in [0.25, 0.3) is 0 Å². The van der Waals surface area contributed by atoms with Crippen molar-refractivity contribution in [3.8, 4) is 11.5 Å². The van der Waals surface area contributed by atoms with Gasteiger partial charge in [-0.15, -0.1) is 0 Å². The number of halogens is 3. The summed E-state index contributed by atoms with van der Waals surface area (Å²) in [5, 5.41) is 0. The molecule has 0 fully saturated rings. The lowest BCUT2D eigenvalue weighted by Crippen LogP contribution is -2.30. The Morgan fingerprint density at radius 1 is 1.00 bits per heavy atom. The molecule has 1 heterocycles. The molecule has 0 aliphatic heterocycles. The molecule has 0 aliphatic rings. The second-order valence-corrected chi connectivity index (χ2v) is 8.37. The van der Waals surface area contributed by atoms with Crippen LogP contribution in [0.1, 0.15) is 33.3 Å². The molecule has 2 aromatic carbocycles. The Hall–Kier alpha value is -3.93. The van der Waals surface area contributed by atoms with Crippen molar-refractivity contribution < 1.29 is 40.7 Å². The molecule has 0 radical (unpaired) electrons. The summed E-state index contributed by atoms with van der Waals surface area (Å²) >= 11 is 0. The van der Waals surface area contributed by atoms with E-state index in [1.807, 2.05) is 4.72 Å².